The first kappa shape index (κ1) is 12.9. The summed E-state index contributed by atoms with van der Waals surface area (Å²) >= 11 is 0. The third-order valence-electron chi connectivity index (χ3n) is 2.49. The molecule has 2 aromatic heterocycles. The second-order valence-corrected chi connectivity index (χ2v) is 3.97. The molecule has 0 atom stereocenters. The number of nitrogens with one attached hydrogen (secondary N) is 2. The number of rotatable bonds is 3. The van der Waals surface area contributed by atoms with Crippen molar-refractivity contribution < 1.29 is 9.18 Å². The van der Waals surface area contributed by atoms with Gasteiger partial charge in [0.2, 0.25) is 0 Å². The first-order chi connectivity index (χ1) is 9.10. The van der Waals surface area contributed by atoms with E-state index in [1.54, 1.807) is 19.3 Å². The lowest BCUT2D eigenvalue weighted by molar-refractivity contribution is 0.102. The molecule has 0 bridgehead atoms. The second kappa shape index (κ2) is 5.43. The lowest BCUT2D eigenvalue weighted by Crippen LogP contribution is -2.16. The molecule has 0 aliphatic heterocycles. The summed E-state index contributed by atoms with van der Waals surface area (Å²) in [4.78, 5) is 19.9. The number of aryl methyl sites for hydroxylation is 1. The number of aromatic nitrogens is 2. The summed E-state index contributed by atoms with van der Waals surface area (Å²) in [6.45, 7) is 1.89. The fourth-order valence-corrected chi connectivity index (χ4v) is 1.60. The summed E-state index contributed by atoms with van der Waals surface area (Å²) in [7, 11) is 1.61. The zero-order chi connectivity index (χ0) is 13.8. The summed E-state index contributed by atoms with van der Waals surface area (Å²) in [5.41, 5.74) is 1.10. The lowest BCUT2D eigenvalue weighted by Gasteiger charge is -2.08. The van der Waals surface area contributed by atoms with Gasteiger partial charge < -0.3 is 10.6 Å². The number of hydrogen-bond acceptors (Lipinski definition) is 4. The van der Waals surface area contributed by atoms with E-state index < -0.39 is 11.7 Å². The van der Waals surface area contributed by atoms with Crippen LogP contribution in [0.1, 0.15) is 15.9 Å². The third kappa shape index (κ3) is 3.04. The lowest BCUT2D eigenvalue weighted by atomic mass is 10.2. The minimum absolute atomic E-state index is 0.130. The summed E-state index contributed by atoms with van der Waals surface area (Å²) in [5, 5.41) is 5.35. The minimum Gasteiger partial charge on any atom is -0.372 e. The fourth-order valence-electron chi connectivity index (χ4n) is 1.60. The molecule has 1 amide bonds. The van der Waals surface area contributed by atoms with E-state index in [1.165, 1.54) is 0 Å². The molecule has 0 fully saturated rings. The monoisotopic (exact) mass is 260 g/mol. The molecule has 98 valence electrons. The maximum atomic E-state index is 13.2. The number of halogens is 1. The Morgan fingerprint density at radius 1 is 1.32 bits per heavy atom. The van der Waals surface area contributed by atoms with Crippen LogP contribution in [-0.4, -0.2) is 22.9 Å². The molecule has 0 saturated heterocycles. The van der Waals surface area contributed by atoms with Gasteiger partial charge >= 0.3 is 0 Å². The summed E-state index contributed by atoms with van der Waals surface area (Å²) in [6, 6.07) is 4.67. The standard InChI is InChI=1S/C13H13FN4O/c1-8-3-4-16-11(5-8)18-13(19)10-6-9(14)7-17-12(10)15-2/h3-7H,1-2H3,(H,15,17)(H,16,18,19). The van der Waals surface area contributed by atoms with Gasteiger partial charge in [0.05, 0.1) is 11.8 Å². The normalized spacial score (nSPS) is 10.1. The van der Waals surface area contributed by atoms with Crippen LogP contribution in [0.2, 0.25) is 0 Å². The number of pyridine rings is 2. The first-order valence-electron chi connectivity index (χ1n) is 5.67. The predicted octanol–water partition coefficient (Wildman–Crippen LogP) is 2.22. The predicted molar refractivity (Wildman–Crippen MR) is 70.7 cm³/mol. The Balaban J connectivity index is 2.27. The Bertz CT molecular complexity index is 615. The molecule has 0 saturated carbocycles. The zero-order valence-corrected chi connectivity index (χ0v) is 10.6. The molecule has 0 unspecified atom stereocenters. The van der Waals surface area contributed by atoms with Gasteiger partial charge in [0.15, 0.2) is 0 Å². The van der Waals surface area contributed by atoms with Crippen molar-refractivity contribution in [3.8, 4) is 0 Å². The number of amides is 1. The summed E-state index contributed by atoms with van der Waals surface area (Å²) in [5.74, 6) is -0.307. The van der Waals surface area contributed by atoms with Crippen molar-refractivity contribution >= 4 is 17.5 Å². The average molecular weight is 260 g/mol. The van der Waals surface area contributed by atoms with Crippen LogP contribution in [0, 0.1) is 12.7 Å². The molecule has 0 aliphatic rings. The number of nitrogens with zero attached hydrogens (tertiary/aromatic N) is 2. The van der Waals surface area contributed by atoms with Crippen LogP contribution in [0.3, 0.4) is 0 Å². The topological polar surface area (TPSA) is 66.9 Å². The average Bonchev–Trinajstić information content (AvgIpc) is 2.38. The Hall–Kier alpha value is -2.50. The highest BCUT2D eigenvalue weighted by Crippen LogP contribution is 2.15. The molecular formula is C13H13FN4O. The van der Waals surface area contributed by atoms with E-state index in [4.69, 9.17) is 0 Å². The Labute approximate surface area is 109 Å². The molecule has 2 rings (SSSR count). The Morgan fingerprint density at radius 3 is 2.79 bits per heavy atom. The third-order valence-corrected chi connectivity index (χ3v) is 2.49. The van der Waals surface area contributed by atoms with Gasteiger partial charge in [-0.2, -0.15) is 0 Å². The Kier molecular flexibility index (Phi) is 3.70. The van der Waals surface area contributed by atoms with Gasteiger partial charge in [-0.05, 0) is 30.7 Å². The van der Waals surface area contributed by atoms with Gasteiger partial charge in [0.25, 0.3) is 5.91 Å². The molecule has 2 aromatic rings. The molecule has 0 radical (unpaired) electrons. The van der Waals surface area contributed by atoms with Crippen molar-refractivity contribution in [3.05, 3.63) is 47.5 Å². The minimum atomic E-state index is -0.568. The molecule has 0 aromatic carbocycles. The van der Waals surface area contributed by atoms with Crippen LogP contribution in [0.25, 0.3) is 0 Å². The molecular weight excluding hydrogens is 247 g/mol. The van der Waals surface area contributed by atoms with E-state index in [9.17, 15) is 9.18 Å². The molecule has 0 spiro atoms. The molecule has 2 N–H and O–H groups in total. The van der Waals surface area contributed by atoms with Crippen LogP contribution >= 0.6 is 0 Å². The number of carbonyl (C=O) groups excluding carboxylic acids is 1. The van der Waals surface area contributed by atoms with Crippen molar-refractivity contribution in [3.63, 3.8) is 0 Å². The van der Waals surface area contributed by atoms with Crippen molar-refractivity contribution in [1.29, 1.82) is 0 Å². The highest BCUT2D eigenvalue weighted by Gasteiger charge is 2.14. The van der Waals surface area contributed by atoms with Crippen molar-refractivity contribution in [2.24, 2.45) is 0 Å². The van der Waals surface area contributed by atoms with Gasteiger partial charge in [-0.25, -0.2) is 14.4 Å². The molecule has 2 heterocycles. The van der Waals surface area contributed by atoms with Crippen LogP contribution in [0.15, 0.2) is 30.6 Å². The molecule has 5 nitrogen and oxygen atoms in total. The van der Waals surface area contributed by atoms with Gasteiger partial charge in [-0.3, -0.25) is 4.79 Å². The Morgan fingerprint density at radius 2 is 2.11 bits per heavy atom. The van der Waals surface area contributed by atoms with Gasteiger partial charge in [0.1, 0.15) is 17.5 Å². The van der Waals surface area contributed by atoms with Gasteiger partial charge in [-0.15, -0.1) is 0 Å². The number of hydrogen-bond donors (Lipinski definition) is 2. The van der Waals surface area contributed by atoms with Crippen LogP contribution < -0.4 is 10.6 Å². The maximum Gasteiger partial charge on any atom is 0.260 e. The van der Waals surface area contributed by atoms with Crippen molar-refractivity contribution in [2.75, 3.05) is 17.7 Å². The smallest absolute Gasteiger partial charge is 0.260 e. The van der Waals surface area contributed by atoms with Crippen molar-refractivity contribution in [2.45, 2.75) is 6.92 Å². The van der Waals surface area contributed by atoms with E-state index in [1.807, 2.05) is 13.0 Å². The number of anilines is 2. The number of carbonyl (C=O) groups is 1. The fraction of sp³-hybridized carbons (Fsp3) is 0.154. The van der Waals surface area contributed by atoms with Crippen LogP contribution in [-0.2, 0) is 0 Å². The van der Waals surface area contributed by atoms with Gasteiger partial charge in [-0.1, -0.05) is 0 Å². The second-order valence-electron chi connectivity index (χ2n) is 3.97. The SMILES string of the molecule is CNc1ncc(F)cc1C(=O)Nc1cc(C)ccn1. The van der Waals surface area contributed by atoms with Crippen molar-refractivity contribution in [1.82, 2.24) is 9.97 Å². The first-order valence-corrected chi connectivity index (χ1v) is 5.67. The van der Waals surface area contributed by atoms with Gasteiger partial charge in [0, 0.05) is 13.2 Å². The summed E-state index contributed by atoms with van der Waals surface area (Å²) in [6.07, 6.45) is 2.64. The van der Waals surface area contributed by atoms with Crippen LogP contribution in [0.5, 0.6) is 0 Å². The zero-order valence-electron chi connectivity index (χ0n) is 10.6. The van der Waals surface area contributed by atoms with E-state index >= 15 is 0 Å². The molecule has 19 heavy (non-hydrogen) atoms. The molecule has 6 heteroatoms. The maximum absolute atomic E-state index is 13.2. The van der Waals surface area contributed by atoms with E-state index in [0.717, 1.165) is 17.8 Å². The van der Waals surface area contributed by atoms with Crippen LogP contribution in [0.4, 0.5) is 16.0 Å². The van der Waals surface area contributed by atoms with E-state index in [2.05, 4.69) is 20.6 Å². The largest absolute Gasteiger partial charge is 0.372 e. The quantitative estimate of drug-likeness (QED) is 0.888. The highest BCUT2D eigenvalue weighted by molar-refractivity contribution is 6.07. The molecule has 0 aliphatic carbocycles. The highest BCUT2D eigenvalue weighted by atomic mass is 19.1. The van der Waals surface area contributed by atoms with E-state index in [0.29, 0.717) is 11.6 Å². The summed E-state index contributed by atoms with van der Waals surface area (Å²) < 4.78 is 13.2. The van der Waals surface area contributed by atoms with E-state index in [-0.39, 0.29) is 5.56 Å².